The highest BCUT2D eigenvalue weighted by atomic mass is 32.1. The van der Waals surface area contributed by atoms with E-state index >= 15 is 0 Å². The highest BCUT2D eigenvalue weighted by Crippen LogP contribution is 2.36. The van der Waals surface area contributed by atoms with Crippen LogP contribution in [0.3, 0.4) is 0 Å². The Hall–Kier alpha value is -3.91. The number of fused-ring (bicyclic) bond motifs is 1. The van der Waals surface area contributed by atoms with Crippen molar-refractivity contribution >= 4 is 39.2 Å². The number of ether oxygens (including phenoxy) is 2. The summed E-state index contributed by atoms with van der Waals surface area (Å²) in [5.41, 5.74) is 1.25. The Bertz CT molecular complexity index is 1340. The first-order chi connectivity index (χ1) is 15.0. The van der Waals surface area contributed by atoms with Gasteiger partial charge in [0.25, 0.3) is 5.91 Å². The number of benzene rings is 2. The molecule has 0 radical (unpaired) electrons. The van der Waals surface area contributed by atoms with Crippen LogP contribution in [0.4, 0.5) is 5.00 Å². The average molecular weight is 434 g/mol. The third-order valence-electron chi connectivity index (χ3n) is 4.65. The molecule has 4 aromatic rings. The van der Waals surface area contributed by atoms with E-state index in [4.69, 9.17) is 19.3 Å². The number of esters is 1. The molecule has 156 valence electrons. The standard InChI is InChI=1S/C23H18N2O5S/c1-28-17-10-6-9-14-11-15(20(24)30-19(14)17)21(26)25-22-16(23(27)29-2)12-18(31-22)13-7-4-3-5-8-13/h3-12,24H,1-2H3,(H,25,26). The van der Waals surface area contributed by atoms with Crippen molar-refractivity contribution in [2.45, 2.75) is 0 Å². The molecule has 2 N–H and O–H groups in total. The fourth-order valence-corrected chi connectivity index (χ4v) is 4.17. The summed E-state index contributed by atoms with van der Waals surface area (Å²) in [5.74, 6) is -0.658. The van der Waals surface area contributed by atoms with Crippen LogP contribution in [0, 0.1) is 5.41 Å². The van der Waals surface area contributed by atoms with Crippen LogP contribution < -0.4 is 15.6 Å². The van der Waals surface area contributed by atoms with Gasteiger partial charge in [0.1, 0.15) is 10.6 Å². The number of methoxy groups -OCH3 is 2. The maximum Gasteiger partial charge on any atom is 0.340 e. The summed E-state index contributed by atoms with van der Waals surface area (Å²) in [4.78, 5) is 26.0. The number of carbonyl (C=O) groups is 2. The van der Waals surface area contributed by atoms with Crippen molar-refractivity contribution in [3.63, 3.8) is 0 Å². The Morgan fingerprint density at radius 3 is 2.48 bits per heavy atom. The van der Waals surface area contributed by atoms with Crippen LogP contribution in [-0.4, -0.2) is 26.1 Å². The number of thiophene rings is 1. The number of para-hydroxylation sites is 1. The van der Waals surface area contributed by atoms with E-state index < -0.39 is 11.9 Å². The Kier molecular flexibility index (Phi) is 5.55. The molecule has 4 rings (SSSR count). The van der Waals surface area contributed by atoms with Gasteiger partial charge in [0, 0.05) is 10.3 Å². The smallest absolute Gasteiger partial charge is 0.340 e. The van der Waals surface area contributed by atoms with Gasteiger partial charge in [0.05, 0.1) is 19.8 Å². The van der Waals surface area contributed by atoms with Crippen LogP contribution in [0.1, 0.15) is 20.7 Å². The number of anilines is 1. The van der Waals surface area contributed by atoms with E-state index in [-0.39, 0.29) is 16.7 Å². The second kappa shape index (κ2) is 8.45. The second-order valence-electron chi connectivity index (χ2n) is 6.53. The Morgan fingerprint density at radius 1 is 1.00 bits per heavy atom. The first kappa shape index (κ1) is 20.4. The largest absolute Gasteiger partial charge is 0.493 e. The molecule has 0 atom stereocenters. The topological polar surface area (TPSA) is 102 Å². The van der Waals surface area contributed by atoms with Gasteiger partial charge in [-0.05, 0) is 23.8 Å². The molecule has 0 aliphatic carbocycles. The molecule has 31 heavy (non-hydrogen) atoms. The van der Waals surface area contributed by atoms with E-state index in [0.29, 0.717) is 21.7 Å². The van der Waals surface area contributed by atoms with E-state index in [0.717, 1.165) is 10.4 Å². The molecule has 0 spiro atoms. The van der Waals surface area contributed by atoms with Crippen molar-refractivity contribution in [3.05, 3.63) is 77.3 Å². The molecule has 1 amide bonds. The monoisotopic (exact) mass is 434 g/mol. The molecule has 8 heteroatoms. The summed E-state index contributed by atoms with van der Waals surface area (Å²) < 4.78 is 15.7. The van der Waals surface area contributed by atoms with Gasteiger partial charge < -0.3 is 19.2 Å². The lowest BCUT2D eigenvalue weighted by atomic mass is 10.1. The van der Waals surface area contributed by atoms with Gasteiger partial charge in [-0.2, -0.15) is 0 Å². The van der Waals surface area contributed by atoms with Gasteiger partial charge in [-0.15, -0.1) is 11.3 Å². The number of hydrogen-bond donors (Lipinski definition) is 2. The maximum absolute atomic E-state index is 13.0. The van der Waals surface area contributed by atoms with E-state index in [1.807, 2.05) is 30.3 Å². The first-order valence-electron chi connectivity index (χ1n) is 9.26. The zero-order valence-corrected chi connectivity index (χ0v) is 17.5. The van der Waals surface area contributed by atoms with Crippen molar-refractivity contribution in [1.82, 2.24) is 0 Å². The molecule has 0 fully saturated rings. The molecule has 2 aromatic carbocycles. The van der Waals surface area contributed by atoms with Gasteiger partial charge in [-0.1, -0.05) is 42.5 Å². The molecular weight excluding hydrogens is 416 g/mol. The SMILES string of the molecule is COC(=O)c1cc(-c2ccccc2)sc1NC(=O)c1cc2cccc(OC)c2oc1=N. The number of carbonyl (C=O) groups excluding carboxylic acids is 2. The fraction of sp³-hybridized carbons (Fsp3) is 0.0870. The molecule has 0 aliphatic rings. The van der Waals surface area contributed by atoms with Crippen molar-refractivity contribution in [2.75, 3.05) is 19.5 Å². The summed E-state index contributed by atoms with van der Waals surface area (Å²) in [5, 5.41) is 11.8. The van der Waals surface area contributed by atoms with Crippen LogP contribution in [0.25, 0.3) is 21.4 Å². The molecule has 0 bridgehead atoms. The minimum atomic E-state index is -0.565. The summed E-state index contributed by atoms with van der Waals surface area (Å²) in [6.07, 6.45) is 0. The van der Waals surface area contributed by atoms with Crippen molar-refractivity contribution < 1.29 is 23.5 Å². The molecule has 7 nitrogen and oxygen atoms in total. The Morgan fingerprint density at radius 2 is 1.77 bits per heavy atom. The first-order valence-corrected chi connectivity index (χ1v) is 10.1. The number of amides is 1. The van der Waals surface area contributed by atoms with Crippen molar-refractivity contribution in [3.8, 4) is 16.2 Å². The molecule has 0 saturated carbocycles. The van der Waals surface area contributed by atoms with Crippen LogP contribution in [0.2, 0.25) is 0 Å². The lowest BCUT2D eigenvalue weighted by Crippen LogP contribution is -2.21. The predicted molar refractivity (Wildman–Crippen MR) is 118 cm³/mol. The highest BCUT2D eigenvalue weighted by molar-refractivity contribution is 7.20. The van der Waals surface area contributed by atoms with E-state index in [1.54, 1.807) is 30.3 Å². The molecule has 0 aliphatic heterocycles. The van der Waals surface area contributed by atoms with Gasteiger partial charge in [0.15, 0.2) is 11.3 Å². The molecule has 2 aromatic heterocycles. The molecule has 0 saturated heterocycles. The Labute approximate surface area is 181 Å². The third kappa shape index (κ3) is 3.93. The highest BCUT2D eigenvalue weighted by Gasteiger charge is 2.21. The normalized spacial score (nSPS) is 10.6. The predicted octanol–water partition coefficient (Wildman–Crippen LogP) is 4.69. The molecule has 2 heterocycles. The zero-order valence-electron chi connectivity index (χ0n) is 16.7. The quantitative estimate of drug-likeness (QED) is 0.444. The second-order valence-corrected chi connectivity index (χ2v) is 7.59. The van der Waals surface area contributed by atoms with Crippen LogP contribution in [0.5, 0.6) is 5.75 Å². The number of hydrogen-bond acceptors (Lipinski definition) is 7. The average Bonchev–Trinajstić information content (AvgIpc) is 3.22. The van der Waals surface area contributed by atoms with Crippen molar-refractivity contribution in [1.29, 1.82) is 5.41 Å². The van der Waals surface area contributed by atoms with Crippen molar-refractivity contribution in [2.24, 2.45) is 0 Å². The number of nitrogens with one attached hydrogen (secondary N) is 2. The van der Waals surface area contributed by atoms with Crippen LogP contribution in [-0.2, 0) is 4.74 Å². The molecular formula is C23H18N2O5S. The third-order valence-corrected chi connectivity index (χ3v) is 5.74. The van der Waals surface area contributed by atoms with Gasteiger partial charge in [-0.3, -0.25) is 10.2 Å². The lowest BCUT2D eigenvalue weighted by molar-refractivity contribution is 0.0602. The lowest BCUT2D eigenvalue weighted by Gasteiger charge is -2.08. The summed E-state index contributed by atoms with van der Waals surface area (Å²) >= 11 is 1.25. The number of rotatable bonds is 5. The van der Waals surface area contributed by atoms with E-state index in [1.165, 1.54) is 25.6 Å². The van der Waals surface area contributed by atoms with Gasteiger partial charge in [-0.25, -0.2) is 4.79 Å². The van der Waals surface area contributed by atoms with Crippen LogP contribution in [0.15, 0.2) is 65.1 Å². The fourth-order valence-electron chi connectivity index (χ4n) is 3.12. The minimum absolute atomic E-state index is 0.0335. The van der Waals surface area contributed by atoms with Gasteiger partial charge in [0.2, 0.25) is 5.55 Å². The summed E-state index contributed by atoms with van der Waals surface area (Å²) in [6.45, 7) is 0. The Balaban J connectivity index is 1.73. The maximum atomic E-state index is 13.0. The van der Waals surface area contributed by atoms with Gasteiger partial charge >= 0.3 is 5.97 Å². The van der Waals surface area contributed by atoms with Crippen LogP contribution >= 0.6 is 11.3 Å². The zero-order chi connectivity index (χ0) is 22.0. The van der Waals surface area contributed by atoms with E-state index in [2.05, 4.69) is 5.32 Å². The minimum Gasteiger partial charge on any atom is -0.493 e. The van der Waals surface area contributed by atoms with E-state index in [9.17, 15) is 9.59 Å². The summed E-state index contributed by atoms with van der Waals surface area (Å²) in [6, 6.07) is 18.0. The summed E-state index contributed by atoms with van der Waals surface area (Å²) in [7, 11) is 2.79. The molecule has 0 unspecified atom stereocenters.